The molecule has 0 radical (unpaired) electrons. The summed E-state index contributed by atoms with van der Waals surface area (Å²) in [5.74, 6) is -1.30. The van der Waals surface area contributed by atoms with Crippen molar-refractivity contribution in [2.75, 3.05) is 11.1 Å². The molecule has 3 N–H and O–H groups in total. The number of hydrogen-bond donors (Lipinski definition) is 2. The molecule has 1 amide bonds. The monoisotopic (exact) mass is 353 g/mol. The third-order valence-corrected chi connectivity index (χ3v) is 3.32. The molecule has 6 nitrogen and oxygen atoms in total. The van der Waals surface area contributed by atoms with Crippen LogP contribution in [0.15, 0.2) is 40.9 Å². The minimum absolute atomic E-state index is 0.116. The Bertz CT molecular complexity index is 737. The lowest BCUT2D eigenvalue weighted by atomic mass is 10.1. The summed E-state index contributed by atoms with van der Waals surface area (Å²) >= 11 is 2.99. The van der Waals surface area contributed by atoms with Crippen LogP contribution in [0.1, 0.15) is 10.4 Å². The van der Waals surface area contributed by atoms with Gasteiger partial charge in [0.1, 0.15) is 17.1 Å². The molecular formula is C13H9BrFN3O3. The van der Waals surface area contributed by atoms with Gasteiger partial charge in [0.2, 0.25) is 0 Å². The molecule has 0 saturated carbocycles. The van der Waals surface area contributed by atoms with Crippen molar-refractivity contribution in [3.63, 3.8) is 0 Å². The first-order valence-corrected chi connectivity index (χ1v) is 6.48. The van der Waals surface area contributed by atoms with E-state index in [1.165, 1.54) is 30.3 Å². The molecule has 0 aromatic heterocycles. The lowest BCUT2D eigenvalue weighted by Crippen LogP contribution is -2.15. The first-order chi connectivity index (χ1) is 9.90. The van der Waals surface area contributed by atoms with E-state index in [4.69, 9.17) is 5.73 Å². The second kappa shape index (κ2) is 5.88. The highest BCUT2D eigenvalue weighted by molar-refractivity contribution is 9.10. The maximum atomic E-state index is 13.4. The molecule has 0 aliphatic carbocycles. The normalized spacial score (nSPS) is 10.2. The number of nitrogen functional groups attached to an aromatic ring is 1. The minimum atomic E-state index is -0.740. The maximum absolute atomic E-state index is 13.4. The number of nitrogens with two attached hydrogens (primary N) is 1. The molecule has 0 aliphatic heterocycles. The summed E-state index contributed by atoms with van der Waals surface area (Å²) in [6.45, 7) is 0. The lowest BCUT2D eigenvalue weighted by Gasteiger charge is -2.07. The molecule has 0 spiro atoms. The van der Waals surface area contributed by atoms with E-state index in [-0.39, 0.29) is 21.4 Å². The first-order valence-electron chi connectivity index (χ1n) is 5.69. The van der Waals surface area contributed by atoms with E-state index in [2.05, 4.69) is 21.2 Å². The van der Waals surface area contributed by atoms with E-state index in [1.54, 1.807) is 0 Å². The molecule has 0 unspecified atom stereocenters. The average molecular weight is 354 g/mol. The molecule has 0 aliphatic rings. The Hall–Kier alpha value is -2.48. The van der Waals surface area contributed by atoms with Crippen LogP contribution in [-0.4, -0.2) is 10.8 Å². The second-order valence-corrected chi connectivity index (χ2v) is 4.94. The fourth-order valence-corrected chi connectivity index (χ4v) is 1.97. The molecule has 0 heterocycles. The third-order valence-electron chi connectivity index (χ3n) is 2.67. The maximum Gasteiger partial charge on any atom is 0.304 e. The number of nitrogens with one attached hydrogen (secondary N) is 1. The van der Waals surface area contributed by atoms with Crippen LogP contribution in [-0.2, 0) is 0 Å². The number of halogens is 2. The van der Waals surface area contributed by atoms with Gasteiger partial charge in [0, 0.05) is 5.69 Å². The van der Waals surface area contributed by atoms with E-state index in [1.807, 2.05) is 0 Å². The molecule has 21 heavy (non-hydrogen) atoms. The van der Waals surface area contributed by atoms with E-state index in [9.17, 15) is 19.3 Å². The van der Waals surface area contributed by atoms with Crippen LogP contribution in [0.3, 0.4) is 0 Å². The SMILES string of the molecule is Nc1cccc(C(=O)Nc2ccc(Br)c(F)c2)c1[N+](=O)[O-]. The van der Waals surface area contributed by atoms with Gasteiger partial charge in [0.05, 0.1) is 9.40 Å². The highest BCUT2D eigenvalue weighted by Crippen LogP contribution is 2.27. The zero-order valence-corrected chi connectivity index (χ0v) is 12.1. The van der Waals surface area contributed by atoms with E-state index < -0.39 is 22.3 Å². The minimum Gasteiger partial charge on any atom is -0.393 e. The van der Waals surface area contributed by atoms with Gasteiger partial charge in [-0.05, 0) is 46.3 Å². The highest BCUT2D eigenvalue weighted by atomic mass is 79.9. The van der Waals surface area contributed by atoms with Crippen molar-refractivity contribution < 1.29 is 14.1 Å². The molecule has 8 heteroatoms. The summed E-state index contributed by atoms with van der Waals surface area (Å²) in [6, 6.07) is 8.01. The third kappa shape index (κ3) is 3.16. The standard InChI is InChI=1S/C13H9BrFN3O3/c14-9-5-4-7(6-10(9)15)17-13(19)8-2-1-3-11(16)12(8)18(20)21/h1-6H,16H2,(H,17,19). The molecular weight excluding hydrogens is 345 g/mol. The van der Waals surface area contributed by atoms with Crippen LogP contribution in [0, 0.1) is 15.9 Å². The van der Waals surface area contributed by atoms with Crippen LogP contribution in [0.25, 0.3) is 0 Å². The van der Waals surface area contributed by atoms with Crippen molar-refractivity contribution in [2.24, 2.45) is 0 Å². The second-order valence-electron chi connectivity index (χ2n) is 4.08. The van der Waals surface area contributed by atoms with Crippen molar-refractivity contribution in [2.45, 2.75) is 0 Å². The van der Waals surface area contributed by atoms with Gasteiger partial charge in [-0.15, -0.1) is 0 Å². The molecule has 2 aromatic carbocycles. The summed E-state index contributed by atoms with van der Waals surface area (Å²) in [7, 11) is 0. The fourth-order valence-electron chi connectivity index (χ4n) is 1.72. The molecule has 108 valence electrons. The van der Waals surface area contributed by atoms with Gasteiger partial charge in [0.25, 0.3) is 5.91 Å². The number of para-hydroxylation sites is 1. The van der Waals surface area contributed by atoms with E-state index in [0.29, 0.717) is 0 Å². The number of hydrogen-bond acceptors (Lipinski definition) is 4. The number of rotatable bonds is 3. The Morgan fingerprint density at radius 1 is 1.33 bits per heavy atom. The molecule has 0 saturated heterocycles. The van der Waals surface area contributed by atoms with Crippen molar-refractivity contribution in [3.05, 3.63) is 62.4 Å². The van der Waals surface area contributed by atoms with Crippen molar-refractivity contribution >= 4 is 38.9 Å². The van der Waals surface area contributed by atoms with Gasteiger partial charge < -0.3 is 11.1 Å². The zero-order valence-electron chi connectivity index (χ0n) is 10.5. The molecule has 2 rings (SSSR count). The number of amides is 1. The number of nitrogens with zero attached hydrogens (tertiary/aromatic N) is 1. The van der Waals surface area contributed by atoms with Crippen LogP contribution >= 0.6 is 15.9 Å². The van der Waals surface area contributed by atoms with Crippen molar-refractivity contribution in [1.29, 1.82) is 0 Å². The Labute approximate surface area is 127 Å². The summed E-state index contributed by atoms with van der Waals surface area (Å²) < 4.78 is 13.6. The van der Waals surface area contributed by atoms with Crippen LogP contribution in [0.5, 0.6) is 0 Å². The van der Waals surface area contributed by atoms with Gasteiger partial charge in [-0.25, -0.2) is 4.39 Å². The van der Waals surface area contributed by atoms with Crippen LogP contribution in [0.2, 0.25) is 0 Å². The smallest absolute Gasteiger partial charge is 0.304 e. The number of carbonyl (C=O) groups is 1. The summed E-state index contributed by atoms with van der Waals surface area (Å²) in [5.41, 5.74) is 4.90. The van der Waals surface area contributed by atoms with Gasteiger partial charge in [-0.2, -0.15) is 0 Å². The van der Waals surface area contributed by atoms with Crippen LogP contribution < -0.4 is 11.1 Å². The van der Waals surface area contributed by atoms with Crippen molar-refractivity contribution in [3.8, 4) is 0 Å². The summed E-state index contributed by atoms with van der Waals surface area (Å²) in [5, 5.41) is 13.4. The Morgan fingerprint density at radius 2 is 2.05 bits per heavy atom. The Balaban J connectivity index is 2.35. The van der Waals surface area contributed by atoms with E-state index >= 15 is 0 Å². The fraction of sp³-hybridized carbons (Fsp3) is 0. The Morgan fingerprint density at radius 3 is 2.67 bits per heavy atom. The number of anilines is 2. The largest absolute Gasteiger partial charge is 0.393 e. The zero-order chi connectivity index (χ0) is 15.6. The predicted molar refractivity (Wildman–Crippen MR) is 79.6 cm³/mol. The van der Waals surface area contributed by atoms with Crippen LogP contribution in [0.4, 0.5) is 21.5 Å². The number of benzene rings is 2. The summed E-state index contributed by atoms with van der Waals surface area (Å²) in [4.78, 5) is 22.3. The number of nitro groups is 1. The number of nitro benzene ring substituents is 1. The summed E-state index contributed by atoms with van der Waals surface area (Å²) in [6.07, 6.45) is 0. The van der Waals surface area contributed by atoms with Gasteiger partial charge >= 0.3 is 5.69 Å². The molecule has 2 aromatic rings. The van der Waals surface area contributed by atoms with Crippen molar-refractivity contribution in [1.82, 2.24) is 0 Å². The van der Waals surface area contributed by atoms with E-state index in [0.717, 1.165) is 6.07 Å². The highest BCUT2D eigenvalue weighted by Gasteiger charge is 2.23. The Kier molecular flexibility index (Phi) is 4.18. The quantitative estimate of drug-likeness (QED) is 0.502. The lowest BCUT2D eigenvalue weighted by molar-refractivity contribution is -0.384. The average Bonchev–Trinajstić information content (AvgIpc) is 2.42. The van der Waals surface area contributed by atoms with Gasteiger partial charge in [0.15, 0.2) is 0 Å². The van der Waals surface area contributed by atoms with Gasteiger partial charge in [-0.3, -0.25) is 14.9 Å². The predicted octanol–water partition coefficient (Wildman–Crippen LogP) is 3.33. The van der Waals surface area contributed by atoms with Gasteiger partial charge in [-0.1, -0.05) is 6.07 Å². The molecule has 0 bridgehead atoms. The first kappa shape index (κ1) is 14.9. The molecule has 0 atom stereocenters. The topological polar surface area (TPSA) is 98.3 Å². The number of carbonyl (C=O) groups excluding carboxylic acids is 1. The molecule has 0 fully saturated rings.